The summed E-state index contributed by atoms with van der Waals surface area (Å²) in [4.78, 5) is 40.2. The van der Waals surface area contributed by atoms with Crippen LogP contribution in [-0.4, -0.2) is 78.3 Å². The summed E-state index contributed by atoms with van der Waals surface area (Å²) in [6.45, 7) is 4.65. The van der Waals surface area contributed by atoms with Gasteiger partial charge in [-0.2, -0.15) is 18.3 Å². The van der Waals surface area contributed by atoms with Gasteiger partial charge in [-0.05, 0) is 44.2 Å². The number of aryl methyl sites for hydroxylation is 1. The number of nitrogens with one attached hydrogen (secondary N) is 1. The average molecular weight is 713 g/mol. The molecule has 16 nitrogen and oxygen atoms in total. The Labute approximate surface area is 277 Å². The summed E-state index contributed by atoms with van der Waals surface area (Å²) in [6.07, 6.45) is -8.69. The number of esters is 1. The number of hydrogen-bond acceptors (Lipinski definition) is 12. The molecule has 2 heterocycles. The van der Waals surface area contributed by atoms with Crippen molar-refractivity contribution in [2.45, 2.75) is 57.1 Å². The van der Waals surface area contributed by atoms with Crippen LogP contribution in [0.4, 0.5) is 18.0 Å². The van der Waals surface area contributed by atoms with Crippen molar-refractivity contribution in [1.82, 2.24) is 19.5 Å². The second-order valence-electron chi connectivity index (χ2n) is 10.5. The fourth-order valence-corrected chi connectivity index (χ4v) is 5.25. The van der Waals surface area contributed by atoms with Crippen LogP contribution in [0.1, 0.15) is 37.9 Å². The Hall–Kier alpha value is -5.40. The Morgan fingerprint density at radius 3 is 2.37 bits per heavy atom. The van der Waals surface area contributed by atoms with Crippen LogP contribution in [-0.2, 0) is 44.8 Å². The average Bonchev–Trinajstić information content (AvgIpc) is 3.47. The molecule has 1 fully saturated rings. The van der Waals surface area contributed by atoms with E-state index >= 15 is 0 Å². The van der Waals surface area contributed by atoms with Crippen LogP contribution in [0.5, 0.6) is 0 Å². The summed E-state index contributed by atoms with van der Waals surface area (Å²) < 4.78 is 83.3. The Morgan fingerprint density at radius 2 is 1.76 bits per heavy atom. The number of alkyl halides is 3. The van der Waals surface area contributed by atoms with E-state index in [1.807, 2.05) is 11.6 Å². The van der Waals surface area contributed by atoms with Crippen molar-refractivity contribution in [3.63, 3.8) is 0 Å². The second kappa shape index (κ2) is 15.2. The molecule has 264 valence electrons. The number of hydrogen-bond donors (Lipinski definition) is 1. The van der Waals surface area contributed by atoms with E-state index in [2.05, 4.69) is 19.8 Å². The molecule has 49 heavy (non-hydrogen) atoms. The highest BCUT2D eigenvalue weighted by molar-refractivity contribution is 7.90. The van der Waals surface area contributed by atoms with Crippen LogP contribution in [0.25, 0.3) is 16.9 Å². The van der Waals surface area contributed by atoms with Gasteiger partial charge >= 0.3 is 18.3 Å². The minimum atomic E-state index is -4.73. The van der Waals surface area contributed by atoms with Crippen molar-refractivity contribution in [3.05, 3.63) is 71.1 Å². The summed E-state index contributed by atoms with van der Waals surface area (Å²) in [7, 11) is -4.41. The van der Waals surface area contributed by atoms with Gasteiger partial charge in [-0.15, -0.1) is 5.01 Å². The van der Waals surface area contributed by atoms with Crippen LogP contribution >= 0.6 is 0 Å². The van der Waals surface area contributed by atoms with Crippen LogP contribution in [0.3, 0.4) is 0 Å². The summed E-state index contributed by atoms with van der Waals surface area (Å²) >= 11 is 0. The standard InChI is InChI=1S/C29H31F3N6O10S/c1-4-45-28(41)46-19(3)48-35-38(42)36-16-22(17-36)47-27(40)14-13-26(39)34-49(43,44)23-11-9-21(10-12-23)37-24(15-25(33-37)29(30,31)32)20-7-5-18(2)6-8-20/h5-12,15,19,22H,4,13-14,16-17H2,1-3H3,(H,34,39)/b38-35+. The number of aromatic nitrogens is 2. The van der Waals surface area contributed by atoms with Gasteiger partial charge in [-0.25, -0.2) is 22.6 Å². The zero-order chi connectivity index (χ0) is 35.9. The number of halogens is 3. The molecule has 0 saturated carbocycles. The maximum absolute atomic E-state index is 13.5. The molecule has 0 radical (unpaired) electrons. The zero-order valence-corrected chi connectivity index (χ0v) is 27.1. The summed E-state index contributed by atoms with van der Waals surface area (Å²) in [5.41, 5.74) is 0.468. The van der Waals surface area contributed by atoms with Crippen LogP contribution in [0, 0.1) is 12.1 Å². The third-order valence-electron chi connectivity index (χ3n) is 6.70. The minimum Gasteiger partial charge on any atom is -0.569 e. The molecule has 2 aromatic carbocycles. The lowest BCUT2D eigenvalue weighted by Gasteiger charge is -2.33. The van der Waals surface area contributed by atoms with Crippen LogP contribution in [0.15, 0.2) is 64.8 Å². The normalized spacial score (nSPS) is 14.4. The van der Waals surface area contributed by atoms with E-state index in [0.717, 1.165) is 33.5 Å². The molecule has 1 atom stereocenters. The van der Waals surface area contributed by atoms with Crippen molar-refractivity contribution in [3.8, 4) is 16.9 Å². The molecular formula is C29H31F3N6O10S. The first-order chi connectivity index (χ1) is 23.0. The number of amides is 1. The van der Waals surface area contributed by atoms with Crippen molar-refractivity contribution in [2.75, 3.05) is 19.7 Å². The van der Waals surface area contributed by atoms with E-state index < -0.39 is 65.2 Å². The van der Waals surface area contributed by atoms with E-state index in [-0.39, 0.29) is 40.9 Å². The molecule has 3 aromatic rings. The quantitative estimate of drug-likeness (QED) is 0.0881. The van der Waals surface area contributed by atoms with Gasteiger partial charge in [0.05, 0.1) is 34.3 Å². The SMILES string of the molecule is CCOC(=O)OC(C)O/N=[N+](/[O-])N1CC(OC(=O)CCC(=O)NS(=O)(=O)c2ccc(-n3nc(C(F)(F)F)cc3-c3ccc(C)cc3)cc2)C1. The molecule has 20 heteroatoms. The predicted octanol–water partition coefficient (Wildman–Crippen LogP) is 4.01. The topological polar surface area (TPSA) is 194 Å². The third-order valence-corrected chi connectivity index (χ3v) is 8.09. The predicted molar refractivity (Wildman–Crippen MR) is 159 cm³/mol. The lowest BCUT2D eigenvalue weighted by Crippen LogP contribution is -2.55. The first-order valence-electron chi connectivity index (χ1n) is 14.6. The van der Waals surface area contributed by atoms with Crippen molar-refractivity contribution in [1.29, 1.82) is 0 Å². The number of hydrazine groups is 1. The minimum absolute atomic E-state index is 0.0612. The van der Waals surface area contributed by atoms with E-state index in [9.17, 15) is 41.2 Å². The van der Waals surface area contributed by atoms with Gasteiger partial charge in [0.2, 0.25) is 11.2 Å². The first-order valence-corrected chi connectivity index (χ1v) is 16.1. The van der Waals surface area contributed by atoms with E-state index in [4.69, 9.17) is 9.57 Å². The van der Waals surface area contributed by atoms with Gasteiger partial charge in [-0.1, -0.05) is 29.8 Å². The lowest BCUT2D eigenvalue weighted by molar-refractivity contribution is -0.728. The number of carbonyl (C=O) groups is 3. The van der Waals surface area contributed by atoms with Crippen LogP contribution < -0.4 is 4.72 Å². The third kappa shape index (κ3) is 9.81. The number of rotatable bonds is 13. The fourth-order valence-electron chi connectivity index (χ4n) is 4.23. The molecule has 1 aromatic heterocycles. The maximum atomic E-state index is 13.5. The highest BCUT2D eigenvalue weighted by atomic mass is 32.2. The second-order valence-corrected chi connectivity index (χ2v) is 12.2. The number of sulfonamides is 1. The summed E-state index contributed by atoms with van der Waals surface area (Å²) in [5.74, 6) is -1.84. The van der Waals surface area contributed by atoms with Gasteiger partial charge in [-0.3, -0.25) is 14.4 Å². The zero-order valence-electron chi connectivity index (χ0n) is 26.2. The fraction of sp³-hybridized carbons (Fsp3) is 0.379. The molecule has 0 bridgehead atoms. The first kappa shape index (κ1) is 36.4. The molecule has 0 aliphatic carbocycles. The largest absolute Gasteiger partial charge is 0.569 e. The maximum Gasteiger partial charge on any atom is 0.511 e. The molecule has 4 rings (SSSR count). The Balaban J connectivity index is 1.27. The number of ether oxygens (including phenoxy) is 3. The molecule has 0 spiro atoms. The van der Waals surface area contributed by atoms with Gasteiger partial charge in [0.15, 0.2) is 5.69 Å². The monoisotopic (exact) mass is 712 g/mol. The van der Waals surface area contributed by atoms with Gasteiger partial charge in [0.1, 0.15) is 19.2 Å². The summed E-state index contributed by atoms with van der Waals surface area (Å²) in [5, 5.41) is 19.9. The molecule has 1 N–H and O–H groups in total. The van der Waals surface area contributed by atoms with Crippen molar-refractivity contribution >= 4 is 28.1 Å². The van der Waals surface area contributed by atoms with Crippen LogP contribution in [0.2, 0.25) is 0 Å². The van der Waals surface area contributed by atoms with Gasteiger partial charge < -0.3 is 19.4 Å². The summed E-state index contributed by atoms with van der Waals surface area (Å²) in [6, 6.07) is 12.3. The number of carbonyl (C=O) groups excluding carboxylic acids is 3. The highest BCUT2D eigenvalue weighted by Gasteiger charge is 2.37. The van der Waals surface area contributed by atoms with E-state index in [1.54, 1.807) is 31.2 Å². The number of benzene rings is 2. The Morgan fingerprint density at radius 1 is 1.10 bits per heavy atom. The van der Waals surface area contributed by atoms with E-state index in [0.29, 0.717) is 5.56 Å². The molecule has 1 saturated heterocycles. The molecule has 1 unspecified atom stereocenters. The molecule has 1 aliphatic rings. The Bertz CT molecular complexity index is 1790. The molecule has 1 aliphatic heterocycles. The van der Waals surface area contributed by atoms with E-state index in [1.165, 1.54) is 19.1 Å². The number of nitrogens with zero attached hydrogens (tertiary/aromatic N) is 5. The van der Waals surface area contributed by atoms with Gasteiger partial charge in [0.25, 0.3) is 16.3 Å². The highest BCUT2D eigenvalue weighted by Crippen LogP contribution is 2.33. The van der Waals surface area contributed by atoms with Gasteiger partial charge in [0, 0.05) is 18.9 Å². The van der Waals surface area contributed by atoms with Crippen molar-refractivity contribution in [2.24, 2.45) is 5.28 Å². The molecular weight excluding hydrogens is 681 g/mol. The Kier molecular flexibility index (Phi) is 11.3. The molecule has 1 amide bonds. The lowest BCUT2D eigenvalue weighted by atomic mass is 10.1. The smallest absolute Gasteiger partial charge is 0.511 e. The van der Waals surface area contributed by atoms with Crippen molar-refractivity contribution < 1.29 is 60.0 Å².